The van der Waals surface area contributed by atoms with Crippen LogP contribution in [0.5, 0.6) is 0 Å². The molecule has 5 nitrogen and oxygen atoms in total. The van der Waals surface area contributed by atoms with Crippen molar-refractivity contribution >= 4 is 11.8 Å². The van der Waals surface area contributed by atoms with Gasteiger partial charge in [-0.25, -0.2) is 0 Å². The van der Waals surface area contributed by atoms with Gasteiger partial charge in [0.25, 0.3) is 0 Å². The van der Waals surface area contributed by atoms with Crippen LogP contribution in [0.15, 0.2) is 11.6 Å². The molecule has 0 amide bonds. The Hall–Kier alpha value is -1.20. The van der Waals surface area contributed by atoms with Gasteiger partial charge >= 0.3 is 5.97 Å². The van der Waals surface area contributed by atoms with E-state index in [2.05, 4.69) is 40.7 Å². The minimum atomic E-state index is -1.31. The number of esters is 1. The predicted molar refractivity (Wildman–Crippen MR) is 134 cm³/mol. The van der Waals surface area contributed by atoms with Crippen molar-refractivity contribution in [3.8, 4) is 0 Å². The van der Waals surface area contributed by atoms with Gasteiger partial charge in [-0.1, -0.05) is 46.3 Å². The van der Waals surface area contributed by atoms with Crippen molar-refractivity contribution in [2.45, 2.75) is 118 Å². The molecule has 0 radical (unpaired) electrons. The van der Waals surface area contributed by atoms with Crippen LogP contribution in [0.2, 0.25) is 0 Å². The first-order valence-electron chi connectivity index (χ1n) is 13.9. The third-order valence-electron chi connectivity index (χ3n) is 12.3. The Kier molecular flexibility index (Phi) is 5.57. The standard InChI is InChI=1S/C30H46O5/c1-26(2)22-9-8-20-19(28(22,5)13-12-23(26)31)11-15-29(6)18(10-14-30(20,29)7)17-16-21(35-25(17)33)24(32)27(3,4)34/h8,17-19,21-22,24,32,34H,9-16H2,1-7H3/t17-,18-,19-,21+,22-,24+,28+,29-,30+/m0/s1. The quantitative estimate of drug-likeness (QED) is 0.422. The molecule has 4 aliphatic carbocycles. The number of cyclic esters (lactones) is 1. The van der Waals surface area contributed by atoms with Crippen LogP contribution in [0.25, 0.3) is 0 Å². The number of hydrogen-bond acceptors (Lipinski definition) is 5. The van der Waals surface area contributed by atoms with E-state index >= 15 is 0 Å². The molecule has 4 fully saturated rings. The summed E-state index contributed by atoms with van der Waals surface area (Å²) >= 11 is 0. The van der Waals surface area contributed by atoms with Crippen molar-refractivity contribution in [1.82, 2.24) is 0 Å². The summed E-state index contributed by atoms with van der Waals surface area (Å²) in [5.74, 6) is 1.12. The number of Topliss-reactive ketones (excluding diaryl/α,β-unsaturated/α-hetero) is 1. The first-order chi connectivity index (χ1) is 16.1. The van der Waals surface area contributed by atoms with Crippen molar-refractivity contribution in [3.63, 3.8) is 0 Å². The highest BCUT2D eigenvalue weighted by Gasteiger charge is 2.67. The van der Waals surface area contributed by atoms with Gasteiger partial charge < -0.3 is 14.9 Å². The molecule has 0 bridgehead atoms. The Balaban J connectivity index is 1.45. The Morgan fingerprint density at radius 1 is 1.06 bits per heavy atom. The highest BCUT2D eigenvalue weighted by molar-refractivity contribution is 5.85. The molecule has 5 heteroatoms. The molecule has 5 aliphatic rings. The molecule has 0 spiro atoms. The maximum absolute atomic E-state index is 13.1. The molecule has 9 atom stereocenters. The Morgan fingerprint density at radius 3 is 2.40 bits per heavy atom. The topological polar surface area (TPSA) is 83.8 Å². The zero-order chi connectivity index (χ0) is 25.8. The van der Waals surface area contributed by atoms with Crippen LogP contribution >= 0.6 is 0 Å². The number of carbonyl (C=O) groups excluding carboxylic acids is 2. The minimum Gasteiger partial charge on any atom is -0.459 e. The average molecular weight is 487 g/mol. The fraction of sp³-hybridized carbons (Fsp3) is 0.867. The van der Waals surface area contributed by atoms with Gasteiger partial charge in [-0.15, -0.1) is 0 Å². The first-order valence-corrected chi connectivity index (χ1v) is 13.9. The largest absolute Gasteiger partial charge is 0.459 e. The lowest BCUT2D eigenvalue weighted by molar-refractivity contribution is -0.157. The molecule has 1 saturated heterocycles. The van der Waals surface area contributed by atoms with E-state index in [1.807, 2.05) is 0 Å². The minimum absolute atomic E-state index is 0.00318. The molecule has 35 heavy (non-hydrogen) atoms. The fourth-order valence-electron chi connectivity index (χ4n) is 9.81. The summed E-state index contributed by atoms with van der Waals surface area (Å²) in [7, 11) is 0. The van der Waals surface area contributed by atoms with Crippen LogP contribution in [0.3, 0.4) is 0 Å². The second-order valence-corrected chi connectivity index (χ2v) is 14.5. The summed E-state index contributed by atoms with van der Waals surface area (Å²) in [5, 5.41) is 20.9. The Morgan fingerprint density at radius 2 is 1.74 bits per heavy atom. The Bertz CT molecular complexity index is 958. The molecular formula is C30H46O5. The third-order valence-corrected chi connectivity index (χ3v) is 12.3. The first kappa shape index (κ1) is 25.4. The van der Waals surface area contributed by atoms with Gasteiger partial charge in [0.05, 0.1) is 11.5 Å². The second kappa shape index (κ2) is 7.66. The predicted octanol–water partition coefficient (Wildman–Crippen LogP) is 5.22. The number of fused-ring (bicyclic) bond motifs is 5. The number of aliphatic hydroxyl groups is 2. The van der Waals surface area contributed by atoms with Crippen LogP contribution in [0.4, 0.5) is 0 Å². The van der Waals surface area contributed by atoms with E-state index in [1.54, 1.807) is 19.4 Å². The molecule has 0 aromatic carbocycles. The zero-order valence-corrected chi connectivity index (χ0v) is 22.8. The molecule has 0 unspecified atom stereocenters. The highest BCUT2D eigenvalue weighted by atomic mass is 16.6. The van der Waals surface area contributed by atoms with Crippen molar-refractivity contribution in [3.05, 3.63) is 11.6 Å². The molecule has 5 rings (SSSR count). The summed E-state index contributed by atoms with van der Waals surface area (Å²) in [6.07, 6.45) is 8.18. The maximum Gasteiger partial charge on any atom is 0.309 e. The summed E-state index contributed by atoms with van der Waals surface area (Å²) in [6, 6.07) is 0. The van der Waals surface area contributed by atoms with Crippen LogP contribution in [-0.2, 0) is 14.3 Å². The van der Waals surface area contributed by atoms with Crippen LogP contribution in [-0.4, -0.2) is 39.8 Å². The lowest BCUT2D eigenvalue weighted by Crippen LogP contribution is -2.57. The molecular weight excluding hydrogens is 440 g/mol. The number of allylic oxidation sites excluding steroid dienone is 2. The zero-order valence-electron chi connectivity index (χ0n) is 22.8. The van der Waals surface area contributed by atoms with E-state index in [0.717, 1.165) is 38.5 Å². The Labute approximate surface area is 211 Å². The van der Waals surface area contributed by atoms with Gasteiger partial charge in [0, 0.05) is 18.3 Å². The summed E-state index contributed by atoms with van der Waals surface area (Å²) in [5.41, 5.74) is 0.207. The smallest absolute Gasteiger partial charge is 0.309 e. The maximum atomic E-state index is 13.1. The van der Waals surface area contributed by atoms with Gasteiger partial charge in [0.2, 0.25) is 0 Å². The summed E-state index contributed by atoms with van der Waals surface area (Å²) in [6.45, 7) is 14.8. The lowest BCUT2D eigenvalue weighted by Gasteiger charge is -2.63. The monoisotopic (exact) mass is 486 g/mol. The summed E-state index contributed by atoms with van der Waals surface area (Å²) in [4.78, 5) is 25.9. The van der Waals surface area contributed by atoms with E-state index < -0.39 is 17.8 Å². The third kappa shape index (κ3) is 3.32. The molecule has 1 aliphatic heterocycles. The van der Waals surface area contributed by atoms with Gasteiger partial charge in [-0.2, -0.15) is 0 Å². The van der Waals surface area contributed by atoms with E-state index in [9.17, 15) is 19.8 Å². The van der Waals surface area contributed by atoms with Gasteiger partial charge in [-0.3, -0.25) is 9.59 Å². The molecule has 2 N–H and O–H groups in total. The molecule has 3 saturated carbocycles. The van der Waals surface area contributed by atoms with E-state index in [0.29, 0.717) is 30.5 Å². The molecule has 196 valence electrons. The second-order valence-electron chi connectivity index (χ2n) is 14.5. The number of carbonyl (C=O) groups is 2. The van der Waals surface area contributed by atoms with E-state index in [4.69, 9.17) is 4.74 Å². The number of ether oxygens (including phenoxy) is 1. The molecule has 0 aromatic heterocycles. The van der Waals surface area contributed by atoms with Crippen molar-refractivity contribution in [1.29, 1.82) is 0 Å². The van der Waals surface area contributed by atoms with Gasteiger partial charge in [0.15, 0.2) is 0 Å². The summed E-state index contributed by atoms with van der Waals surface area (Å²) < 4.78 is 5.66. The molecule has 1 heterocycles. The van der Waals surface area contributed by atoms with Crippen LogP contribution in [0, 0.1) is 45.3 Å². The van der Waals surface area contributed by atoms with Gasteiger partial charge in [0.1, 0.15) is 18.0 Å². The van der Waals surface area contributed by atoms with E-state index in [1.165, 1.54) is 0 Å². The van der Waals surface area contributed by atoms with Crippen LogP contribution in [0.1, 0.15) is 99.8 Å². The average Bonchev–Trinajstić information content (AvgIpc) is 3.26. The highest BCUT2D eigenvalue weighted by Crippen LogP contribution is 2.73. The van der Waals surface area contributed by atoms with Crippen LogP contribution < -0.4 is 0 Å². The number of hydrogen-bond donors (Lipinski definition) is 2. The SMILES string of the molecule is CC(C)(O)[C@H](O)[C@H]1C[C@@H]([C@@H]2CC[C@]3(C)C4=CC[C@H]5C(C)(C)C(=O)CC[C@]5(C)[C@H]4CC[C@@]23C)C(=O)O1. The number of ketones is 1. The molecule has 0 aromatic rings. The van der Waals surface area contributed by atoms with Crippen molar-refractivity contribution in [2.75, 3.05) is 0 Å². The number of rotatable bonds is 3. The normalized spacial score (nSPS) is 47.9. The van der Waals surface area contributed by atoms with Crippen molar-refractivity contribution < 1.29 is 24.5 Å². The van der Waals surface area contributed by atoms with Crippen molar-refractivity contribution in [2.24, 2.45) is 45.3 Å². The van der Waals surface area contributed by atoms with Gasteiger partial charge in [-0.05, 0) is 86.4 Å². The number of aliphatic hydroxyl groups excluding tert-OH is 1. The van der Waals surface area contributed by atoms with E-state index in [-0.39, 0.29) is 39.5 Å². The lowest BCUT2D eigenvalue weighted by atomic mass is 9.41. The fourth-order valence-corrected chi connectivity index (χ4v) is 9.81.